The maximum atomic E-state index is 12.7. The van der Waals surface area contributed by atoms with Gasteiger partial charge >= 0.3 is 5.97 Å². The van der Waals surface area contributed by atoms with E-state index in [4.69, 9.17) is 9.15 Å². The first-order chi connectivity index (χ1) is 13.4. The number of aryl methyl sites for hydroxylation is 1. The lowest BCUT2D eigenvalue weighted by molar-refractivity contribution is 0.0601. The zero-order valence-corrected chi connectivity index (χ0v) is 16.3. The van der Waals surface area contributed by atoms with E-state index in [1.807, 2.05) is 6.07 Å². The molecule has 1 aromatic carbocycles. The topological polar surface area (TPSA) is 97.6 Å². The van der Waals surface area contributed by atoms with E-state index in [0.717, 1.165) is 11.3 Å². The van der Waals surface area contributed by atoms with Crippen molar-refractivity contribution in [2.75, 3.05) is 17.7 Å². The minimum Gasteiger partial charge on any atom is -0.469 e. The lowest BCUT2D eigenvalue weighted by atomic mass is 10.1. The van der Waals surface area contributed by atoms with Gasteiger partial charge in [0.25, 0.3) is 11.8 Å². The average molecular weight is 398 g/mol. The molecule has 0 spiro atoms. The first kappa shape index (κ1) is 19.4. The lowest BCUT2D eigenvalue weighted by Gasteiger charge is -2.05. The first-order valence-electron chi connectivity index (χ1n) is 8.36. The van der Waals surface area contributed by atoms with E-state index in [0.29, 0.717) is 27.5 Å². The number of benzene rings is 1. The number of ether oxygens (including phenoxy) is 1. The number of methoxy groups -OCH3 is 1. The smallest absolute Gasteiger partial charge is 0.341 e. The standard InChI is InChI=1S/C20H18N2O5S/c1-11-15(20(25)26-3)19(22-17(23)14-9-10-27-12(14)2)28-16(11)18(24)21-13-7-5-4-6-8-13/h4-10H,1-3H3,(H,21,24)(H,22,23). The molecular formula is C20H18N2O5S. The fraction of sp³-hybridized carbons (Fsp3) is 0.150. The van der Waals surface area contributed by atoms with Crippen LogP contribution >= 0.6 is 11.3 Å². The highest BCUT2D eigenvalue weighted by atomic mass is 32.1. The van der Waals surface area contributed by atoms with E-state index in [2.05, 4.69) is 10.6 Å². The van der Waals surface area contributed by atoms with E-state index < -0.39 is 11.9 Å². The third kappa shape index (κ3) is 3.81. The highest BCUT2D eigenvalue weighted by Crippen LogP contribution is 2.34. The second-order valence-electron chi connectivity index (χ2n) is 5.92. The van der Waals surface area contributed by atoms with Crippen LogP contribution < -0.4 is 10.6 Å². The number of anilines is 2. The summed E-state index contributed by atoms with van der Waals surface area (Å²) in [5.41, 5.74) is 1.56. The molecule has 0 saturated heterocycles. The van der Waals surface area contributed by atoms with Gasteiger partial charge in [0.15, 0.2) is 0 Å². The highest BCUT2D eigenvalue weighted by Gasteiger charge is 2.27. The molecule has 2 N–H and O–H groups in total. The molecule has 0 unspecified atom stereocenters. The van der Waals surface area contributed by atoms with Crippen molar-refractivity contribution < 1.29 is 23.5 Å². The Bertz CT molecular complexity index is 1040. The van der Waals surface area contributed by atoms with Crippen molar-refractivity contribution in [3.05, 3.63) is 70.0 Å². The van der Waals surface area contributed by atoms with Gasteiger partial charge in [-0.2, -0.15) is 0 Å². The summed E-state index contributed by atoms with van der Waals surface area (Å²) in [6, 6.07) is 10.5. The fourth-order valence-electron chi connectivity index (χ4n) is 2.67. The van der Waals surface area contributed by atoms with Crippen LogP contribution in [0.3, 0.4) is 0 Å². The molecule has 0 bridgehead atoms. The van der Waals surface area contributed by atoms with Gasteiger partial charge in [-0.1, -0.05) is 18.2 Å². The molecule has 0 aliphatic rings. The van der Waals surface area contributed by atoms with Crippen molar-refractivity contribution in [3.8, 4) is 0 Å². The van der Waals surface area contributed by atoms with Crippen molar-refractivity contribution in [1.82, 2.24) is 0 Å². The van der Waals surface area contributed by atoms with E-state index in [1.54, 1.807) is 38.1 Å². The number of rotatable bonds is 5. The second-order valence-corrected chi connectivity index (χ2v) is 6.94. The molecule has 0 aliphatic heterocycles. The number of carbonyl (C=O) groups is 3. The van der Waals surface area contributed by atoms with Crippen molar-refractivity contribution in [2.24, 2.45) is 0 Å². The van der Waals surface area contributed by atoms with Gasteiger partial charge in [-0.3, -0.25) is 9.59 Å². The molecule has 7 nitrogen and oxygen atoms in total. The molecule has 144 valence electrons. The molecule has 2 amide bonds. The van der Waals surface area contributed by atoms with Gasteiger partial charge in [-0.05, 0) is 37.6 Å². The SMILES string of the molecule is COC(=O)c1c(NC(=O)c2ccoc2C)sc(C(=O)Nc2ccccc2)c1C. The average Bonchev–Trinajstić information content (AvgIpc) is 3.25. The molecule has 0 radical (unpaired) electrons. The maximum absolute atomic E-state index is 12.7. The van der Waals surface area contributed by atoms with E-state index in [1.165, 1.54) is 19.4 Å². The molecule has 28 heavy (non-hydrogen) atoms. The first-order valence-corrected chi connectivity index (χ1v) is 9.17. The fourth-order valence-corrected chi connectivity index (χ4v) is 3.75. The van der Waals surface area contributed by atoms with Crippen molar-refractivity contribution in [3.63, 3.8) is 0 Å². The van der Waals surface area contributed by atoms with Crippen LogP contribution in [0.25, 0.3) is 0 Å². The van der Waals surface area contributed by atoms with Gasteiger partial charge in [-0.15, -0.1) is 11.3 Å². The number of para-hydroxylation sites is 1. The number of amides is 2. The van der Waals surface area contributed by atoms with Gasteiger partial charge in [-0.25, -0.2) is 4.79 Å². The molecule has 3 rings (SSSR count). The summed E-state index contributed by atoms with van der Waals surface area (Å²) >= 11 is 1.01. The van der Waals surface area contributed by atoms with Gasteiger partial charge in [0.2, 0.25) is 0 Å². The Balaban J connectivity index is 1.94. The van der Waals surface area contributed by atoms with Crippen LogP contribution in [0.5, 0.6) is 0 Å². The summed E-state index contributed by atoms with van der Waals surface area (Å²) in [7, 11) is 1.25. The Morgan fingerprint density at radius 2 is 1.71 bits per heavy atom. The highest BCUT2D eigenvalue weighted by molar-refractivity contribution is 7.19. The van der Waals surface area contributed by atoms with Gasteiger partial charge < -0.3 is 19.8 Å². The van der Waals surface area contributed by atoms with Crippen molar-refractivity contribution in [1.29, 1.82) is 0 Å². The molecule has 3 aromatic rings. The second kappa shape index (κ2) is 8.10. The van der Waals surface area contributed by atoms with Crippen LogP contribution in [0.2, 0.25) is 0 Å². The lowest BCUT2D eigenvalue weighted by Crippen LogP contribution is -2.14. The molecule has 0 aliphatic carbocycles. The zero-order valence-electron chi connectivity index (χ0n) is 15.5. The molecule has 0 saturated carbocycles. The van der Waals surface area contributed by atoms with Gasteiger partial charge in [0, 0.05) is 5.69 Å². The number of carbonyl (C=O) groups excluding carboxylic acids is 3. The number of nitrogens with one attached hydrogen (secondary N) is 2. The summed E-state index contributed by atoms with van der Waals surface area (Å²) in [4.78, 5) is 37.8. The van der Waals surface area contributed by atoms with Crippen molar-refractivity contribution >= 4 is 39.8 Å². The number of hydrogen-bond donors (Lipinski definition) is 2. The van der Waals surface area contributed by atoms with Crippen LogP contribution in [0.1, 0.15) is 41.7 Å². The van der Waals surface area contributed by atoms with Crippen LogP contribution in [0.4, 0.5) is 10.7 Å². The van der Waals surface area contributed by atoms with E-state index in [-0.39, 0.29) is 16.5 Å². The Hall–Kier alpha value is -3.39. The van der Waals surface area contributed by atoms with Gasteiger partial charge in [0.1, 0.15) is 10.8 Å². The molecule has 0 fully saturated rings. The minimum absolute atomic E-state index is 0.153. The molecule has 2 aromatic heterocycles. The summed E-state index contributed by atoms with van der Waals surface area (Å²) < 4.78 is 9.97. The summed E-state index contributed by atoms with van der Waals surface area (Å²) in [6.45, 7) is 3.30. The number of thiophene rings is 1. The van der Waals surface area contributed by atoms with Crippen LogP contribution in [0.15, 0.2) is 47.1 Å². The molecular weight excluding hydrogens is 380 g/mol. The van der Waals surface area contributed by atoms with Crippen molar-refractivity contribution in [2.45, 2.75) is 13.8 Å². The maximum Gasteiger partial charge on any atom is 0.341 e. The Morgan fingerprint density at radius 3 is 2.32 bits per heavy atom. The third-order valence-corrected chi connectivity index (χ3v) is 5.31. The zero-order chi connectivity index (χ0) is 20.3. The largest absolute Gasteiger partial charge is 0.469 e. The Morgan fingerprint density at radius 1 is 1.00 bits per heavy atom. The third-order valence-electron chi connectivity index (χ3n) is 4.10. The summed E-state index contributed by atoms with van der Waals surface area (Å²) in [5, 5.41) is 5.71. The number of hydrogen-bond acceptors (Lipinski definition) is 6. The minimum atomic E-state index is -0.633. The quantitative estimate of drug-likeness (QED) is 0.626. The van der Waals surface area contributed by atoms with Crippen LogP contribution in [-0.2, 0) is 4.74 Å². The Kier molecular flexibility index (Phi) is 5.60. The predicted octanol–water partition coefficient (Wildman–Crippen LogP) is 4.25. The molecule has 0 atom stereocenters. The normalized spacial score (nSPS) is 10.4. The van der Waals surface area contributed by atoms with Gasteiger partial charge in [0.05, 0.1) is 29.4 Å². The number of esters is 1. The summed E-state index contributed by atoms with van der Waals surface area (Å²) in [6.07, 6.45) is 1.41. The molecule has 8 heteroatoms. The van der Waals surface area contributed by atoms with E-state index >= 15 is 0 Å². The van der Waals surface area contributed by atoms with E-state index in [9.17, 15) is 14.4 Å². The molecule has 2 heterocycles. The Labute approximate surface area is 165 Å². The predicted molar refractivity (Wildman–Crippen MR) is 106 cm³/mol. The monoisotopic (exact) mass is 398 g/mol. The van der Waals surface area contributed by atoms with Crippen LogP contribution in [-0.4, -0.2) is 24.9 Å². The summed E-state index contributed by atoms with van der Waals surface area (Å²) in [5.74, 6) is -0.995. The number of furan rings is 1. The van der Waals surface area contributed by atoms with Crippen LogP contribution in [0, 0.1) is 13.8 Å².